The number of methoxy groups -OCH3 is 2. The molecule has 1 aliphatic rings. The predicted molar refractivity (Wildman–Crippen MR) is 97.8 cm³/mol. The van der Waals surface area contributed by atoms with Crippen LogP contribution in [0.1, 0.15) is 44.5 Å². The van der Waals surface area contributed by atoms with E-state index in [1.165, 1.54) is 23.3 Å². The Bertz CT molecular complexity index is 812. The van der Waals surface area contributed by atoms with Gasteiger partial charge in [-0.3, -0.25) is 4.79 Å². The Hall–Kier alpha value is -2.34. The summed E-state index contributed by atoms with van der Waals surface area (Å²) in [5.74, 6) is 0.530. The summed E-state index contributed by atoms with van der Waals surface area (Å²) >= 11 is 1.48. The first-order valence-electron chi connectivity index (χ1n) is 8.21. The molecule has 3 rings (SSSR count). The molecule has 1 amide bonds. The molecule has 0 aliphatic heterocycles. The summed E-state index contributed by atoms with van der Waals surface area (Å²) < 4.78 is 10.1. The van der Waals surface area contributed by atoms with E-state index in [-0.39, 0.29) is 5.91 Å². The number of hydrogen-bond acceptors (Lipinski definition) is 5. The predicted octanol–water partition coefficient (Wildman–Crippen LogP) is 3.92. The molecule has 0 spiro atoms. The van der Waals surface area contributed by atoms with Gasteiger partial charge in [0, 0.05) is 10.4 Å². The summed E-state index contributed by atoms with van der Waals surface area (Å²) in [7, 11) is 2.92. The number of ether oxygens (including phenoxy) is 2. The number of carbonyl (C=O) groups excluding carboxylic acids is 2. The third kappa shape index (κ3) is 3.54. The molecule has 132 valence electrons. The molecule has 1 N–H and O–H groups in total. The highest BCUT2D eigenvalue weighted by Gasteiger charge is 2.29. The number of benzene rings is 1. The third-order valence-corrected chi connectivity index (χ3v) is 5.63. The molecule has 5 nitrogen and oxygen atoms in total. The molecule has 1 heterocycles. The zero-order valence-corrected chi connectivity index (χ0v) is 15.4. The monoisotopic (exact) mass is 359 g/mol. The van der Waals surface area contributed by atoms with Crippen LogP contribution in [0.3, 0.4) is 0 Å². The second-order valence-electron chi connectivity index (χ2n) is 6.23. The highest BCUT2D eigenvalue weighted by molar-refractivity contribution is 7.17. The lowest BCUT2D eigenvalue weighted by Gasteiger charge is -2.18. The Morgan fingerprint density at radius 1 is 1.28 bits per heavy atom. The van der Waals surface area contributed by atoms with Gasteiger partial charge in [-0.25, -0.2) is 4.79 Å². The van der Waals surface area contributed by atoms with Crippen LogP contribution in [0.15, 0.2) is 24.3 Å². The SMILES string of the molecule is COC(=O)c1c(NC(=O)c2cccc(OC)c2)sc2c1CC[C@@H](C)C2. The topological polar surface area (TPSA) is 64.6 Å². The summed E-state index contributed by atoms with van der Waals surface area (Å²) in [6.07, 6.45) is 2.81. The standard InChI is InChI=1S/C19H21NO4S/c1-11-7-8-14-15(9-11)25-18(16(14)19(22)24-3)20-17(21)12-5-4-6-13(10-12)23-2/h4-6,10-11H,7-9H2,1-3H3,(H,20,21)/t11-/m1/s1. The van der Waals surface area contributed by atoms with Crippen LogP contribution in [0.4, 0.5) is 5.00 Å². The Kier molecular flexibility index (Phi) is 5.08. The first-order valence-corrected chi connectivity index (χ1v) is 9.03. The van der Waals surface area contributed by atoms with Crippen LogP contribution < -0.4 is 10.1 Å². The van der Waals surface area contributed by atoms with Gasteiger partial charge in [0.25, 0.3) is 5.91 Å². The molecular formula is C19H21NO4S. The van der Waals surface area contributed by atoms with Crippen molar-refractivity contribution in [3.05, 3.63) is 45.8 Å². The number of nitrogens with one attached hydrogen (secondary N) is 1. The third-order valence-electron chi connectivity index (χ3n) is 4.46. The number of hydrogen-bond donors (Lipinski definition) is 1. The summed E-state index contributed by atoms with van der Waals surface area (Å²) in [4.78, 5) is 26.1. The maximum Gasteiger partial charge on any atom is 0.341 e. The molecule has 25 heavy (non-hydrogen) atoms. The van der Waals surface area contributed by atoms with Gasteiger partial charge in [0.15, 0.2) is 0 Å². The maximum atomic E-state index is 12.6. The Morgan fingerprint density at radius 3 is 2.80 bits per heavy atom. The van der Waals surface area contributed by atoms with Crippen molar-refractivity contribution in [2.24, 2.45) is 5.92 Å². The van der Waals surface area contributed by atoms with E-state index in [4.69, 9.17) is 9.47 Å². The lowest BCUT2D eigenvalue weighted by atomic mass is 9.88. The molecule has 0 fully saturated rings. The largest absolute Gasteiger partial charge is 0.497 e. The smallest absolute Gasteiger partial charge is 0.341 e. The van der Waals surface area contributed by atoms with E-state index in [9.17, 15) is 9.59 Å². The average Bonchev–Trinajstić information content (AvgIpc) is 2.97. The highest BCUT2D eigenvalue weighted by atomic mass is 32.1. The Morgan fingerprint density at radius 2 is 2.08 bits per heavy atom. The van der Waals surface area contributed by atoms with Gasteiger partial charge in [-0.05, 0) is 48.9 Å². The molecule has 6 heteroatoms. The van der Waals surface area contributed by atoms with Crippen molar-refractivity contribution in [2.45, 2.75) is 26.2 Å². The number of rotatable bonds is 4. The molecule has 0 saturated heterocycles. The zero-order chi connectivity index (χ0) is 18.0. The highest BCUT2D eigenvalue weighted by Crippen LogP contribution is 2.40. The van der Waals surface area contributed by atoms with Gasteiger partial charge in [0.2, 0.25) is 0 Å². The molecule has 2 aromatic rings. The molecule has 1 aliphatic carbocycles. The van der Waals surface area contributed by atoms with Gasteiger partial charge in [0.05, 0.1) is 19.8 Å². The molecule has 0 radical (unpaired) electrons. The summed E-state index contributed by atoms with van der Waals surface area (Å²) in [5, 5.41) is 3.46. The van der Waals surface area contributed by atoms with Crippen molar-refractivity contribution in [1.82, 2.24) is 0 Å². The molecule has 0 unspecified atom stereocenters. The van der Waals surface area contributed by atoms with Gasteiger partial charge >= 0.3 is 5.97 Å². The van der Waals surface area contributed by atoms with Crippen LogP contribution in [0.25, 0.3) is 0 Å². The van der Waals surface area contributed by atoms with Crippen molar-refractivity contribution in [1.29, 1.82) is 0 Å². The molecule has 0 bridgehead atoms. The maximum absolute atomic E-state index is 12.6. The second kappa shape index (κ2) is 7.27. The van der Waals surface area contributed by atoms with Gasteiger partial charge in [-0.1, -0.05) is 13.0 Å². The number of carbonyl (C=O) groups is 2. The Labute approximate surface area is 151 Å². The average molecular weight is 359 g/mol. The van der Waals surface area contributed by atoms with Gasteiger partial charge in [-0.2, -0.15) is 0 Å². The number of esters is 1. The van der Waals surface area contributed by atoms with Crippen LogP contribution in [0.5, 0.6) is 5.75 Å². The summed E-state index contributed by atoms with van der Waals surface area (Å²) in [5.41, 5.74) is 2.01. The van der Waals surface area contributed by atoms with Crippen molar-refractivity contribution in [2.75, 3.05) is 19.5 Å². The van der Waals surface area contributed by atoms with Crippen LogP contribution in [0.2, 0.25) is 0 Å². The number of anilines is 1. The fourth-order valence-corrected chi connectivity index (χ4v) is 4.49. The Balaban J connectivity index is 1.93. The fourth-order valence-electron chi connectivity index (χ4n) is 3.10. The minimum absolute atomic E-state index is 0.268. The van der Waals surface area contributed by atoms with E-state index >= 15 is 0 Å². The first-order chi connectivity index (χ1) is 12.0. The minimum Gasteiger partial charge on any atom is -0.497 e. The molecule has 1 aromatic carbocycles. The minimum atomic E-state index is -0.395. The fraction of sp³-hybridized carbons (Fsp3) is 0.368. The lowest BCUT2D eigenvalue weighted by Crippen LogP contribution is -2.16. The number of fused-ring (bicyclic) bond motifs is 1. The quantitative estimate of drug-likeness (QED) is 0.841. The van der Waals surface area contributed by atoms with Gasteiger partial charge in [-0.15, -0.1) is 11.3 Å². The van der Waals surface area contributed by atoms with Crippen LogP contribution in [0, 0.1) is 5.92 Å². The molecule has 1 aromatic heterocycles. The van der Waals surface area contributed by atoms with Gasteiger partial charge in [0.1, 0.15) is 10.8 Å². The van der Waals surface area contributed by atoms with Crippen LogP contribution >= 0.6 is 11.3 Å². The van der Waals surface area contributed by atoms with E-state index in [2.05, 4.69) is 12.2 Å². The second-order valence-corrected chi connectivity index (χ2v) is 7.34. The van der Waals surface area contributed by atoms with E-state index in [1.807, 2.05) is 0 Å². The first kappa shape index (κ1) is 17.5. The lowest BCUT2D eigenvalue weighted by molar-refractivity contribution is 0.0601. The van der Waals surface area contributed by atoms with Crippen molar-refractivity contribution < 1.29 is 19.1 Å². The van der Waals surface area contributed by atoms with E-state index in [0.717, 1.165) is 24.8 Å². The van der Waals surface area contributed by atoms with Crippen molar-refractivity contribution in [3.63, 3.8) is 0 Å². The number of thiophene rings is 1. The molecule has 1 atom stereocenters. The van der Waals surface area contributed by atoms with Crippen LogP contribution in [-0.4, -0.2) is 26.1 Å². The molecule has 0 saturated carbocycles. The summed E-state index contributed by atoms with van der Waals surface area (Å²) in [6, 6.07) is 6.92. The summed E-state index contributed by atoms with van der Waals surface area (Å²) in [6.45, 7) is 2.20. The van der Waals surface area contributed by atoms with Crippen molar-refractivity contribution >= 4 is 28.2 Å². The zero-order valence-electron chi connectivity index (χ0n) is 14.5. The van der Waals surface area contributed by atoms with Crippen LogP contribution in [-0.2, 0) is 17.6 Å². The molecular weight excluding hydrogens is 338 g/mol. The number of amides is 1. The van der Waals surface area contributed by atoms with E-state index in [0.29, 0.717) is 27.8 Å². The van der Waals surface area contributed by atoms with E-state index < -0.39 is 5.97 Å². The van der Waals surface area contributed by atoms with E-state index in [1.54, 1.807) is 31.4 Å². The normalized spacial score (nSPS) is 16.0. The van der Waals surface area contributed by atoms with Gasteiger partial charge < -0.3 is 14.8 Å². The van der Waals surface area contributed by atoms with Crippen molar-refractivity contribution in [3.8, 4) is 5.75 Å².